The zero-order valence-corrected chi connectivity index (χ0v) is 12.5. The first-order valence-electron chi connectivity index (χ1n) is 7.79. The quantitative estimate of drug-likeness (QED) is 0.915. The van der Waals surface area contributed by atoms with E-state index in [-0.39, 0.29) is 11.7 Å². The van der Waals surface area contributed by atoms with Crippen LogP contribution in [0.25, 0.3) is 0 Å². The van der Waals surface area contributed by atoms with Crippen LogP contribution in [0.1, 0.15) is 43.0 Å². The van der Waals surface area contributed by atoms with Crippen LogP contribution in [0.4, 0.5) is 0 Å². The van der Waals surface area contributed by atoms with Crippen LogP contribution in [0.15, 0.2) is 12.4 Å². The van der Waals surface area contributed by atoms with Gasteiger partial charge in [-0.3, -0.25) is 9.48 Å². The molecule has 0 unspecified atom stereocenters. The number of carbonyl (C=O) groups is 1. The normalized spacial score (nSPS) is 21.8. The largest absolute Gasteiger partial charge is 0.352 e. The summed E-state index contributed by atoms with van der Waals surface area (Å²) in [6.07, 6.45) is 7.34. The van der Waals surface area contributed by atoms with Crippen molar-refractivity contribution in [3.8, 4) is 0 Å². The van der Waals surface area contributed by atoms with Crippen molar-refractivity contribution < 1.29 is 14.3 Å². The second-order valence-corrected chi connectivity index (χ2v) is 5.85. The lowest BCUT2D eigenvalue weighted by Gasteiger charge is -2.35. The Bertz CT molecular complexity index is 484. The highest BCUT2D eigenvalue weighted by Crippen LogP contribution is 2.37. The Labute approximate surface area is 124 Å². The molecule has 1 aliphatic heterocycles. The summed E-state index contributed by atoms with van der Waals surface area (Å²) in [5.74, 6) is 0.153. The number of rotatable bonds is 4. The molecule has 21 heavy (non-hydrogen) atoms. The van der Waals surface area contributed by atoms with E-state index in [1.54, 1.807) is 17.1 Å². The predicted octanol–water partition coefficient (Wildman–Crippen LogP) is 1.57. The molecule has 1 amide bonds. The van der Waals surface area contributed by atoms with Gasteiger partial charge in [0, 0.05) is 32.1 Å². The van der Waals surface area contributed by atoms with Crippen molar-refractivity contribution in [3.63, 3.8) is 0 Å². The highest BCUT2D eigenvalue weighted by atomic mass is 16.7. The summed E-state index contributed by atoms with van der Waals surface area (Å²) in [6.45, 7) is 4.91. The Kier molecular flexibility index (Phi) is 4.26. The summed E-state index contributed by atoms with van der Waals surface area (Å²) >= 11 is 0. The van der Waals surface area contributed by atoms with Crippen LogP contribution in [0.3, 0.4) is 0 Å². The molecule has 0 bridgehead atoms. The average Bonchev–Trinajstić information content (AvgIpc) is 3.16. The van der Waals surface area contributed by atoms with Gasteiger partial charge in [-0.15, -0.1) is 0 Å². The maximum atomic E-state index is 12.1. The Morgan fingerprint density at radius 1 is 1.43 bits per heavy atom. The third-order valence-corrected chi connectivity index (χ3v) is 4.45. The zero-order valence-electron chi connectivity index (χ0n) is 12.5. The number of aromatic nitrogens is 2. The molecule has 1 spiro atoms. The topological polar surface area (TPSA) is 65.4 Å². The lowest BCUT2D eigenvalue weighted by molar-refractivity contribution is -0.182. The van der Waals surface area contributed by atoms with Crippen LogP contribution >= 0.6 is 0 Å². The van der Waals surface area contributed by atoms with Gasteiger partial charge in [0.25, 0.3) is 5.91 Å². The van der Waals surface area contributed by atoms with E-state index in [1.165, 1.54) is 0 Å². The highest BCUT2D eigenvalue weighted by molar-refractivity contribution is 5.93. The van der Waals surface area contributed by atoms with Crippen molar-refractivity contribution in [2.45, 2.75) is 44.9 Å². The van der Waals surface area contributed by atoms with Gasteiger partial charge in [-0.1, -0.05) is 0 Å². The molecule has 116 valence electrons. The van der Waals surface area contributed by atoms with E-state index in [9.17, 15) is 4.79 Å². The highest BCUT2D eigenvalue weighted by Gasteiger charge is 2.40. The second kappa shape index (κ2) is 6.15. The summed E-state index contributed by atoms with van der Waals surface area (Å²) in [7, 11) is 0. The molecule has 2 fully saturated rings. The van der Waals surface area contributed by atoms with Crippen molar-refractivity contribution in [3.05, 3.63) is 18.0 Å². The molecule has 1 aliphatic carbocycles. The van der Waals surface area contributed by atoms with E-state index < -0.39 is 0 Å². The average molecular weight is 293 g/mol. The van der Waals surface area contributed by atoms with Crippen LogP contribution in [0.2, 0.25) is 0 Å². The number of aryl methyl sites for hydroxylation is 1. The van der Waals surface area contributed by atoms with Crippen LogP contribution < -0.4 is 5.32 Å². The summed E-state index contributed by atoms with van der Waals surface area (Å²) < 4.78 is 13.2. The van der Waals surface area contributed by atoms with Crippen LogP contribution in [0.5, 0.6) is 0 Å². The van der Waals surface area contributed by atoms with Crippen molar-refractivity contribution in [1.82, 2.24) is 15.1 Å². The molecule has 1 saturated carbocycles. The van der Waals surface area contributed by atoms with E-state index in [1.807, 2.05) is 6.92 Å². The van der Waals surface area contributed by atoms with Crippen LogP contribution in [0, 0.1) is 5.92 Å². The Balaban J connectivity index is 1.44. The van der Waals surface area contributed by atoms with E-state index in [0.717, 1.165) is 32.2 Å². The Morgan fingerprint density at radius 2 is 2.14 bits per heavy atom. The van der Waals surface area contributed by atoms with E-state index >= 15 is 0 Å². The zero-order chi connectivity index (χ0) is 14.7. The predicted molar refractivity (Wildman–Crippen MR) is 76.8 cm³/mol. The van der Waals surface area contributed by atoms with Gasteiger partial charge in [-0.25, -0.2) is 0 Å². The maximum absolute atomic E-state index is 12.1. The van der Waals surface area contributed by atoms with Crippen molar-refractivity contribution >= 4 is 5.91 Å². The van der Waals surface area contributed by atoms with E-state index in [0.29, 0.717) is 31.2 Å². The molecular formula is C15H23N3O3. The maximum Gasteiger partial charge on any atom is 0.254 e. The number of ether oxygens (including phenoxy) is 2. The Morgan fingerprint density at radius 3 is 2.76 bits per heavy atom. The molecule has 0 aromatic carbocycles. The van der Waals surface area contributed by atoms with Gasteiger partial charge in [0.2, 0.25) is 0 Å². The monoisotopic (exact) mass is 293 g/mol. The van der Waals surface area contributed by atoms with Gasteiger partial charge < -0.3 is 14.8 Å². The molecule has 2 heterocycles. The molecule has 1 aromatic rings. The molecule has 2 aliphatic rings. The smallest absolute Gasteiger partial charge is 0.254 e. The summed E-state index contributed by atoms with van der Waals surface area (Å²) in [5.41, 5.74) is 0.631. The third kappa shape index (κ3) is 3.27. The van der Waals surface area contributed by atoms with Gasteiger partial charge in [-0.05, 0) is 25.7 Å². The lowest BCUT2D eigenvalue weighted by Crippen LogP contribution is -2.38. The standard InChI is InChI=1S/C15H23N3O3/c1-2-18-11-13(10-17-18)14(19)16-9-12-3-5-15(6-4-12)20-7-8-21-15/h10-12H,2-9H2,1H3,(H,16,19). The molecule has 0 atom stereocenters. The van der Waals surface area contributed by atoms with Gasteiger partial charge in [0.05, 0.1) is 25.0 Å². The van der Waals surface area contributed by atoms with Gasteiger partial charge in [0.15, 0.2) is 5.79 Å². The third-order valence-electron chi connectivity index (χ3n) is 4.45. The number of nitrogens with one attached hydrogen (secondary N) is 1. The van der Waals surface area contributed by atoms with E-state index in [2.05, 4.69) is 10.4 Å². The van der Waals surface area contributed by atoms with Crippen molar-refractivity contribution in [1.29, 1.82) is 0 Å². The first-order chi connectivity index (χ1) is 10.2. The van der Waals surface area contributed by atoms with Gasteiger partial charge in [0.1, 0.15) is 0 Å². The van der Waals surface area contributed by atoms with E-state index in [4.69, 9.17) is 9.47 Å². The van der Waals surface area contributed by atoms with Crippen LogP contribution in [-0.4, -0.2) is 41.2 Å². The summed E-state index contributed by atoms with van der Waals surface area (Å²) in [4.78, 5) is 12.1. The minimum atomic E-state index is -0.317. The van der Waals surface area contributed by atoms with Crippen molar-refractivity contribution in [2.24, 2.45) is 5.92 Å². The SMILES string of the molecule is CCn1cc(C(=O)NCC2CCC3(CC2)OCCO3)cn1. The first kappa shape index (κ1) is 14.5. The molecule has 1 N–H and O–H groups in total. The fraction of sp³-hybridized carbons (Fsp3) is 0.733. The molecule has 1 saturated heterocycles. The summed E-state index contributed by atoms with van der Waals surface area (Å²) in [6, 6.07) is 0. The minimum Gasteiger partial charge on any atom is -0.352 e. The van der Waals surface area contributed by atoms with Gasteiger partial charge in [-0.2, -0.15) is 5.10 Å². The molecule has 3 rings (SSSR count). The molecular weight excluding hydrogens is 270 g/mol. The lowest BCUT2D eigenvalue weighted by atomic mass is 9.85. The number of hydrogen-bond donors (Lipinski definition) is 1. The Hall–Kier alpha value is -1.40. The minimum absolute atomic E-state index is 0.0386. The molecule has 6 nitrogen and oxygen atoms in total. The number of hydrogen-bond acceptors (Lipinski definition) is 4. The summed E-state index contributed by atoms with van der Waals surface area (Å²) in [5, 5.41) is 7.13. The number of carbonyl (C=O) groups excluding carboxylic acids is 1. The number of nitrogens with zero attached hydrogens (tertiary/aromatic N) is 2. The number of amides is 1. The molecule has 1 aromatic heterocycles. The van der Waals surface area contributed by atoms with Crippen LogP contribution in [-0.2, 0) is 16.0 Å². The fourth-order valence-electron chi connectivity index (χ4n) is 3.10. The van der Waals surface area contributed by atoms with Crippen molar-refractivity contribution in [2.75, 3.05) is 19.8 Å². The molecule has 0 radical (unpaired) electrons. The molecule has 6 heteroatoms. The first-order valence-corrected chi connectivity index (χ1v) is 7.79. The van der Waals surface area contributed by atoms with Gasteiger partial charge >= 0.3 is 0 Å². The second-order valence-electron chi connectivity index (χ2n) is 5.85. The fourth-order valence-corrected chi connectivity index (χ4v) is 3.10.